The van der Waals surface area contributed by atoms with Gasteiger partial charge in [-0.25, -0.2) is 0 Å². The fraction of sp³-hybridized carbons (Fsp3) is 0.533. The number of benzene rings is 1. The van der Waals surface area contributed by atoms with Gasteiger partial charge in [0.1, 0.15) is 5.75 Å². The molecule has 0 aliphatic carbocycles. The van der Waals surface area contributed by atoms with Crippen molar-refractivity contribution in [1.29, 1.82) is 0 Å². The van der Waals surface area contributed by atoms with Gasteiger partial charge in [0, 0.05) is 33.8 Å². The fourth-order valence-corrected chi connectivity index (χ4v) is 2.68. The fourth-order valence-electron chi connectivity index (χ4n) is 1.66. The van der Waals surface area contributed by atoms with E-state index in [4.69, 9.17) is 10.5 Å². The van der Waals surface area contributed by atoms with E-state index in [0.717, 1.165) is 0 Å². The molecule has 1 rings (SSSR count). The van der Waals surface area contributed by atoms with Gasteiger partial charge >= 0.3 is 0 Å². The van der Waals surface area contributed by atoms with Crippen molar-refractivity contribution in [2.24, 2.45) is 0 Å². The first-order valence-corrected chi connectivity index (χ1v) is 8.18. The average Bonchev–Trinajstić information content (AvgIpc) is 2.39. The molecule has 1 unspecified atom stereocenters. The number of carbonyl (C=O) groups is 1. The Bertz CT molecular complexity index is 524. The molecule has 0 fully saturated rings. The van der Waals surface area contributed by atoms with Crippen LogP contribution in [0.4, 0.5) is 11.4 Å². The van der Waals surface area contributed by atoms with E-state index < -0.39 is 10.8 Å². The Morgan fingerprint density at radius 2 is 2.05 bits per heavy atom. The van der Waals surface area contributed by atoms with Crippen molar-refractivity contribution in [3.8, 4) is 5.75 Å². The molecule has 0 saturated heterocycles. The Labute approximate surface area is 128 Å². The van der Waals surface area contributed by atoms with Crippen molar-refractivity contribution >= 4 is 28.1 Å². The second kappa shape index (κ2) is 7.45. The summed E-state index contributed by atoms with van der Waals surface area (Å²) in [6.07, 6.45) is 0.916. The van der Waals surface area contributed by atoms with Crippen molar-refractivity contribution in [1.82, 2.24) is 0 Å². The van der Waals surface area contributed by atoms with Crippen LogP contribution in [0.1, 0.15) is 33.6 Å². The van der Waals surface area contributed by atoms with Gasteiger partial charge in [-0.15, -0.1) is 0 Å². The zero-order valence-corrected chi connectivity index (χ0v) is 13.9. The summed E-state index contributed by atoms with van der Waals surface area (Å²) in [6, 6.07) is 5.10. The topological polar surface area (TPSA) is 81.4 Å². The van der Waals surface area contributed by atoms with E-state index in [0.29, 0.717) is 35.7 Å². The highest BCUT2D eigenvalue weighted by Crippen LogP contribution is 2.24. The maximum Gasteiger partial charge on any atom is 0.224 e. The third-order valence-corrected chi connectivity index (χ3v) is 4.97. The Morgan fingerprint density at radius 1 is 1.38 bits per heavy atom. The molecule has 0 aliphatic heterocycles. The Morgan fingerprint density at radius 3 is 2.57 bits per heavy atom. The molecule has 1 aromatic carbocycles. The molecule has 1 aromatic rings. The zero-order valence-electron chi connectivity index (χ0n) is 13.1. The summed E-state index contributed by atoms with van der Waals surface area (Å²) >= 11 is 0. The van der Waals surface area contributed by atoms with E-state index in [1.165, 1.54) is 0 Å². The molecular weight excluding hydrogens is 288 g/mol. The molecule has 6 heteroatoms. The lowest BCUT2D eigenvalue weighted by Gasteiger charge is -2.17. The van der Waals surface area contributed by atoms with Gasteiger partial charge in [0.2, 0.25) is 5.91 Å². The molecule has 0 radical (unpaired) electrons. The molecule has 0 aromatic heterocycles. The van der Waals surface area contributed by atoms with Crippen LogP contribution in [0.25, 0.3) is 0 Å². The predicted octanol–water partition coefficient (Wildman–Crippen LogP) is 2.54. The minimum absolute atomic E-state index is 0.127. The number of methoxy groups -OCH3 is 1. The highest BCUT2D eigenvalue weighted by atomic mass is 32.2. The number of hydrogen-bond acceptors (Lipinski definition) is 4. The highest BCUT2D eigenvalue weighted by Gasteiger charge is 2.19. The van der Waals surface area contributed by atoms with Crippen molar-refractivity contribution < 1.29 is 13.7 Å². The molecule has 0 bridgehead atoms. The Hall–Kier alpha value is -1.56. The number of amides is 1. The monoisotopic (exact) mass is 312 g/mol. The second-order valence-corrected chi connectivity index (χ2v) is 8.09. The summed E-state index contributed by atoms with van der Waals surface area (Å²) < 4.78 is 16.7. The molecule has 5 nitrogen and oxygen atoms in total. The molecule has 0 heterocycles. The van der Waals surface area contributed by atoms with E-state index in [1.54, 1.807) is 25.3 Å². The van der Waals surface area contributed by atoms with E-state index >= 15 is 0 Å². The molecule has 3 N–H and O–H groups in total. The van der Waals surface area contributed by atoms with Crippen LogP contribution in [0, 0.1) is 0 Å². The third kappa shape index (κ3) is 5.75. The van der Waals surface area contributed by atoms with Crippen LogP contribution in [-0.4, -0.2) is 27.7 Å². The molecule has 0 saturated carbocycles. The smallest absolute Gasteiger partial charge is 0.224 e. The number of nitrogens with two attached hydrogens (primary N) is 1. The predicted molar refractivity (Wildman–Crippen MR) is 88.0 cm³/mol. The number of rotatable bonds is 6. The molecule has 118 valence electrons. The van der Waals surface area contributed by atoms with Gasteiger partial charge in [0.25, 0.3) is 0 Å². The maximum absolute atomic E-state index is 11.9. The minimum Gasteiger partial charge on any atom is -0.497 e. The van der Waals surface area contributed by atoms with Crippen molar-refractivity contribution in [3.05, 3.63) is 18.2 Å². The normalized spacial score (nSPS) is 12.8. The first-order valence-electron chi connectivity index (χ1n) is 6.86. The first kappa shape index (κ1) is 17.5. The van der Waals surface area contributed by atoms with Crippen LogP contribution in [0.5, 0.6) is 5.75 Å². The maximum atomic E-state index is 11.9. The number of nitrogens with one attached hydrogen (secondary N) is 1. The van der Waals surface area contributed by atoms with Crippen LogP contribution in [0.3, 0.4) is 0 Å². The molecule has 0 aliphatic rings. The minimum atomic E-state index is -0.930. The zero-order chi connectivity index (χ0) is 16.0. The van der Waals surface area contributed by atoms with Gasteiger partial charge in [0.05, 0.1) is 18.5 Å². The van der Waals surface area contributed by atoms with Crippen molar-refractivity contribution in [3.63, 3.8) is 0 Å². The number of nitrogen functional groups attached to an aromatic ring is 1. The molecule has 0 spiro atoms. The number of carbonyl (C=O) groups excluding carboxylic acids is 1. The van der Waals surface area contributed by atoms with Crippen LogP contribution in [0.15, 0.2) is 18.2 Å². The first-order chi connectivity index (χ1) is 9.74. The lowest BCUT2D eigenvalue weighted by Crippen LogP contribution is -2.24. The average molecular weight is 312 g/mol. The van der Waals surface area contributed by atoms with Gasteiger partial charge in [0.15, 0.2) is 0 Å². The van der Waals surface area contributed by atoms with Gasteiger partial charge in [-0.3, -0.25) is 9.00 Å². The summed E-state index contributed by atoms with van der Waals surface area (Å²) in [5.74, 6) is 1.04. The number of ether oxygens (including phenoxy) is 1. The summed E-state index contributed by atoms with van der Waals surface area (Å²) in [4.78, 5) is 11.9. The molecule has 1 atom stereocenters. The lowest BCUT2D eigenvalue weighted by molar-refractivity contribution is -0.116. The van der Waals surface area contributed by atoms with Crippen LogP contribution >= 0.6 is 0 Å². The Kier molecular flexibility index (Phi) is 6.20. The highest BCUT2D eigenvalue weighted by molar-refractivity contribution is 7.86. The van der Waals surface area contributed by atoms with Crippen LogP contribution in [0.2, 0.25) is 0 Å². The molecule has 21 heavy (non-hydrogen) atoms. The van der Waals surface area contributed by atoms with E-state index in [2.05, 4.69) is 5.32 Å². The summed E-state index contributed by atoms with van der Waals surface area (Å²) in [7, 11) is 0.628. The number of hydrogen-bond donors (Lipinski definition) is 2. The van der Waals surface area contributed by atoms with Gasteiger partial charge in [-0.05, 0) is 39.3 Å². The van der Waals surface area contributed by atoms with Crippen LogP contribution in [-0.2, 0) is 15.6 Å². The summed E-state index contributed by atoms with van der Waals surface area (Å²) in [6.45, 7) is 5.80. The van der Waals surface area contributed by atoms with Gasteiger partial charge in [-0.1, -0.05) is 0 Å². The third-order valence-electron chi connectivity index (χ3n) is 2.95. The van der Waals surface area contributed by atoms with E-state index in [1.807, 2.05) is 20.8 Å². The van der Waals surface area contributed by atoms with Gasteiger partial charge < -0.3 is 15.8 Å². The van der Waals surface area contributed by atoms with E-state index in [9.17, 15) is 9.00 Å². The summed E-state index contributed by atoms with van der Waals surface area (Å²) in [5.41, 5.74) is 6.86. The van der Waals surface area contributed by atoms with E-state index in [-0.39, 0.29) is 10.7 Å². The molecular formula is C15H24N2O3S. The number of anilines is 2. The van der Waals surface area contributed by atoms with Crippen LogP contribution < -0.4 is 15.8 Å². The van der Waals surface area contributed by atoms with Gasteiger partial charge in [-0.2, -0.15) is 0 Å². The standard InChI is InChI=1S/C15H24N2O3S/c1-15(2,3)21(19)9-5-6-14(18)17-13-8-7-11(20-4)10-12(13)16/h7-8,10H,5-6,9,16H2,1-4H3,(H,17,18). The largest absolute Gasteiger partial charge is 0.497 e. The lowest BCUT2D eigenvalue weighted by atomic mass is 10.2. The summed E-state index contributed by atoms with van der Waals surface area (Å²) in [5, 5.41) is 2.76. The second-order valence-electron chi connectivity index (χ2n) is 5.77. The van der Waals surface area contributed by atoms with Crippen molar-refractivity contribution in [2.45, 2.75) is 38.4 Å². The van der Waals surface area contributed by atoms with Crippen molar-refractivity contribution in [2.75, 3.05) is 23.9 Å². The quantitative estimate of drug-likeness (QED) is 0.791. The molecule has 1 amide bonds. The Balaban J connectivity index is 2.46. The SMILES string of the molecule is COc1ccc(NC(=O)CCCS(=O)C(C)(C)C)c(N)c1.